The van der Waals surface area contributed by atoms with Gasteiger partial charge >= 0.3 is 5.97 Å². The highest BCUT2D eigenvalue weighted by Crippen LogP contribution is 2.25. The summed E-state index contributed by atoms with van der Waals surface area (Å²) in [4.78, 5) is 11.8. The number of benzene rings is 2. The fourth-order valence-corrected chi connectivity index (χ4v) is 2.23. The van der Waals surface area contributed by atoms with E-state index < -0.39 is 5.41 Å². The van der Waals surface area contributed by atoms with Gasteiger partial charge in [0.2, 0.25) is 0 Å². The maximum atomic E-state index is 11.8. The highest BCUT2D eigenvalue weighted by Gasteiger charge is 2.30. The first-order valence-corrected chi connectivity index (χ1v) is 7.55. The van der Waals surface area contributed by atoms with E-state index in [0.717, 1.165) is 16.7 Å². The first-order valence-electron chi connectivity index (χ1n) is 7.55. The maximum Gasteiger partial charge on any atom is 0.315 e. The molecule has 2 aromatic rings. The van der Waals surface area contributed by atoms with Gasteiger partial charge in [0.05, 0.1) is 18.8 Å². The van der Waals surface area contributed by atoms with Gasteiger partial charge in [-0.3, -0.25) is 4.79 Å². The fraction of sp³-hybridized carbons (Fsp3) is 0.250. The van der Waals surface area contributed by atoms with Crippen LogP contribution in [0, 0.1) is 0 Å². The third kappa shape index (κ3) is 4.46. The Labute approximate surface area is 137 Å². The third-order valence-electron chi connectivity index (χ3n) is 3.78. The maximum absolute atomic E-state index is 11.8. The third-order valence-corrected chi connectivity index (χ3v) is 3.78. The Balaban J connectivity index is 1.95. The standard InChI is InChI=1S/C20H22O3/c1-20(2,19(21)22-3)18-11-9-16(10-12-18)13-14-23-15-17-7-5-4-6-8-17/h4-14H,15H2,1-3H3. The van der Waals surface area contributed by atoms with Gasteiger partial charge in [-0.05, 0) is 36.6 Å². The zero-order chi connectivity index (χ0) is 16.7. The molecule has 0 saturated heterocycles. The first-order chi connectivity index (χ1) is 11.0. The van der Waals surface area contributed by atoms with Gasteiger partial charge in [0.25, 0.3) is 0 Å². The van der Waals surface area contributed by atoms with Crippen LogP contribution in [0.1, 0.15) is 30.5 Å². The molecular formula is C20H22O3. The minimum absolute atomic E-state index is 0.244. The van der Waals surface area contributed by atoms with Crippen LogP contribution in [0.15, 0.2) is 60.9 Å². The molecule has 2 rings (SSSR count). The molecule has 23 heavy (non-hydrogen) atoms. The number of carbonyl (C=O) groups excluding carboxylic acids is 1. The summed E-state index contributed by atoms with van der Waals surface area (Å²) in [6.45, 7) is 4.25. The number of hydrogen-bond acceptors (Lipinski definition) is 3. The highest BCUT2D eigenvalue weighted by atomic mass is 16.5. The number of methoxy groups -OCH3 is 1. The van der Waals surface area contributed by atoms with Crippen LogP contribution in [0.25, 0.3) is 6.08 Å². The van der Waals surface area contributed by atoms with E-state index in [1.165, 1.54) is 7.11 Å². The molecule has 0 bridgehead atoms. The molecule has 2 aromatic carbocycles. The topological polar surface area (TPSA) is 35.5 Å². The van der Waals surface area contributed by atoms with E-state index in [0.29, 0.717) is 6.61 Å². The summed E-state index contributed by atoms with van der Waals surface area (Å²) in [5.41, 5.74) is 2.42. The van der Waals surface area contributed by atoms with Crippen LogP contribution in [0.4, 0.5) is 0 Å². The van der Waals surface area contributed by atoms with E-state index in [4.69, 9.17) is 9.47 Å². The van der Waals surface area contributed by atoms with E-state index in [1.807, 2.05) is 74.5 Å². The molecule has 0 unspecified atom stereocenters. The van der Waals surface area contributed by atoms with E-state index in [-0.39, 0.29) is 5.97 Å². The molecule has 0 aliphatic heterocycles. The second-order valence-electron chi connectivity index (χ2n) is 5.84. The fourth-order valence-electron chi connectivity index (χ4n) is 2.23. The van der Waals surface area contributed by atoms with Crippen LogP contribution in [0.2, 0.25) is 0 Å². The molecule has 0 saturated carbocycles. The Bertz CT molecular complexity index is 655. The monoisotopic (exact) mass is 310 g/mol. The molecule has 0 spiro atoms. The van der Waals surface area contributed by atoms with Gasteiger partial charge in [-0.2, -0.15) is 0 Å². The zero-order valence-corrected chi connectivity index (χ0v) is 13.8. The second kappa shape index (κ2) is 7.63. The van der Waals surface area contributed by atoms with E-state index in [9.17, 15) is 4.79 Å². The van der Waals surface area contributed by atoms with Gasteiger partial charge in [-0.25, -0.2) is 0 Å². The average molecular weight is 310 g/mol. The smallest absolute Gasteiger partial charge is 0.315 e. The molecule has 0 heterocycles. The molecule has 0 aliphatic carbocycles. The van der Waals surface area contributed by atoms with Crippen molar-refractivity contribution in [3.63, 3.8) is 0 Å². The zero-order valence-electron chi connectivity index (χ0n) is 13.8. The summed E-state index contributed by atoms with van der Waals surface area (Å²) in [5, 5.41) is 0. The van der Waals surface area contributed by atoms with Crippen molar-refractivity contribution in [2.24, 2.45) is 0 Å². The largest absolute Gasteiger partial charge is 0.496 e. The SMILES string of the molecule is COC(=O)C(C)(C)c1ccc(C=COCc2ccccc2)cc1. The Morgan fingerprint density at radius 2 is 1.70 bits per heavy atom. The Kier molecular flexibility index (Phi) is 5.58. The van der Waals surface area contributed by atoms with Crippen LogP contribution in [-0.2, 0) is 26.3 Å². The molecule has 3 heteroatoms. The van der Waals surface area contributed by atoms with Crippen molar-refractivity contribution >= 4 is 12.0 Å². The molecular weight excluding hydrogens is 288 g/mol. The number of carbonyl (C=O) groups is 1. The first kappa shape index (κ1) is 16.8. The predicted octanol–water partition coefficient (Wildman–Crippen LogP) is 4.32. The molecule has 0 radical (unpaired) electrons. The lowest BCUT2D eigenvalue weighted by Gasteiger charge is -2.21. The van der Waals surface area contributed by atoms with Gasteiger partial charge in [-0.1, -0.05) is 54.6 Å². The molecule has 3 nitrogen and oxygen atoms in total. The van der Waals surface area contributed by atoms with Gasteiger partial charge < -0.3 is 9.47 Å². The van der Waals surface area contributed by atoms with Crippen molar-refractivity contribution in [2.75, 3.05) is 7.11 Å². The van der Waals surface area contributed by atoms with E-state index in [1.54, 1.807) is 6.26 Å². The highest BCUT2D eigenvalue weighted by molar-refractivity contribution is 5.82. The minimum Gasteiger partial charge on any atom is -0.496 e. The second-order valence-corrected chi connectivity index (χ2v) is 5.84. The predicted molar refractivity (Wildman–Crippen MR) is 91.7 cm³/mol. The van der Waals surface area contributed by atoms with Crippen molar-refractivity contribution in [1.29, 1.82) is 0 Å². The summed E-state index contributed by atoms with van der Waals surface area (Å²) < 4.78 is 10.4. The molecule has 0 N–H and O–H groups in total. The summed E-state index contributed by atoms with van der Waals surface area (Å²) in [7, 11) is 1.41. The lowest BCUT2D eigenvalue weighted by Crippen LogP contribution is -2.30. The van der Waals surface area contributed by atoms with E-state index >= 15 is 0 Å². The van der Waals surface area contributed by atoms with E-state index in [2.05, 4.69) is 0 Å². The molecule has 0 atom stereocenters. The number of esters is 1. The lowest BCUT2D eigenvalue weighted by molar-refractivity contribution is -0.146. The van der Waals surface area contributed by atoms with Gasteiger partial charge in [0.15, 0.2) is 0 Å². The number of rotatable bonds is 6. The Morgan fingerprint density at radius 1 is 1.04 bits per heavy atom. The lowest BCUT2D eigenvalue weighted by atomic mass is 9.84. The molecule has 0 amide bonds. The molecule has 0 aromatic heterocycles. The minimum atomic E-state index is -0.652. The molecule has 0 aliphatic rings. The summed E-state index contributed by atoms with van der Waals surface area (Å²) in [6, 6.07) is 17.8. The van der Waals surface area contributed by atoms with Crippen LogP contribution < -0.4 is 0 Å². The van der Waals surface area contributed by atoms with Crippen LogP contribution in [0.3, 0.4) is 0 Å². The quantitative estimate of drug-likeness (QED) is 0.588. The van der Waals surface area contributed by atoms with Gasteiger partial charge in [0, 0.05) is 0 Å². The molecule has 120 valence electrons. The van der Waals surface area contributed by atoms with Crippen molar-refractivity contribution in [3.8, 4) is 0 Å². The van der Waals surface area contributed by atoms with Crippen LogP contribution in [-0.4, -0.2) is 13.1 Å². The summed E-state index contributed by atoms with van der Waals surface area (Å²) in [5.74, 6) is -0.244. The van der Waals surface area contributed by atoms with Crippen molar-refractivity contribution in [2.45, 2.75) is 25.9 Å². The number of ether oxygens (including phenoxy) is 2. The van der Waals surface area contributed by atoms with Crippen molar-refractivity contribution in [1.82, 2.24) is 0 Å². The Hall–Kier alpha value is -2.55. The summed E-state index contributed by atoms with van der Waals surface area (Å²) >= 11 is 0. The van der Waals surface area contributed by atoms with Crippen LogP contribution >= 0.6 is 0 Å². The van der Waals surface area contributed by atoms with Crippen LogP contribution in [0.5, 0.6) is 0 Å². The van der Waals surface area contributed by atoms with Crippen molar-refractivity contribution < 1.29 is 14.3 Å². The van der Waals surface area contributed by atoms with Gasteiger partial charge in [0.1, 0.15) is 6.61 Å². The Morgan fingerprint density at radius 3 is 2.30 bits per heavy atom. The normalized spacial score (nSPS) is 11.4. The van der Waals surface area contributed by atoms with Gasteiger partial charge in [-0.15, -0.1) is 0 Å². The molecule has 0 fully saturated rings. The van der Waals surface area contributed by atoms with Crippen molar-refractivity contribution in [3.05, 3.63) is 77.5 Å². The summed E-state index contributed by atoms with van der Waals surface area (Å²) in [6.07, 6.45) is 3.59. The average Bonchev–Trinajstić information content (AvgIpc) is 2.59. The number of hydrogen-bond donors (Lipinski definition) is 0.